The number of aromatic nitrogens is 2. The zero-order valence-electron chi connectivity index (χ0n) is 11.5. The minimum atomic E-state index is -1.04. The highest BCUT2D eigenvalue weighted by molar-refractivity contribution is 5.85. The van der Waals surface area contributed by atoms with Gasteiger partial charge in [-0.05, 0) is 12.0 Å². The monoisotopic (exact) mass is 278 g/mol. The number of carboxylic acid groups (broad SMARTS) is 1. The SMILES string of the molecule is CC(C)CN(CC(N)=O)c1ncc(/C=C/C(=O)O)cn1. The van der Waals surface area contributed by atoms with Gasteiger partial charge in [0.05, 0.1) is 6.54 Å². The average molecular weight is 278 g/mol. The molecule has 0 bridgehead atoms. The minimum Gasteiger partial charge on any atom is -0.478 e. The second kappa shape index (κ2) is 7.22. The van der Waals surface area contributed by atoms with Crippen molar-refractivity contribution >= 4 is 23.9 Å². The molecule has 0 atom stereocenters. The summed E-state index contributed by atoms with van der Waals surface area (Å²) in [6.07, 6.45) is 5.40. The molecule has 0 saturated heterocycles. The second-order valence-corrected chi connectivity index (χ2v) is 4.73. The fourth-order valence-corrected chi connectivity index (χ4v) is 1.59. The van der Waals surface area contributed by atoms with E-state index in [2.05, 4.69) is 9.97 Å². The van der Waals surface area contributed by atoms with Crippen LogP contribution in [0.3, 0.4) is 0 Å². The number of rotatable bonds is 7. The first kappa shape index (κ1) is 15.6. The van der Waals surface area contributed by atoms with E-state index in [1.807, 2.05) is 13.8 Å². The van der Waals surface area contributed by atoms with Crippen LogP contribution in [0.4, 0.5) is 5.95 Å². The van der Waals surface area contributed by atoms with Gasteiger partial charge in [-0.2, -0.15) is 0 Å². The lowest BCUT2D eigenvalue weighted by Gasteiger charge is -2.22. The molecule has 1 aromatic rings. The van der Waals surface area contributed by atoms with Crippen molar-refractivity contribution in [2.24, 2.45) is 11.7 Å². The molecule has 1 amide bonds. The van der Waals surface area contributed by atoms with E-state index in [1.54, 1.807) is 4.90 Å². The molecule has 1 rings (SSSR count). The number of carbonyl (C=O) groups is 2. The standard InChI is InChI=1S/C13H18N4O3/c1-9(2)7-17(8-11(14)18)13-15-5-10(6-16-13)3-4-12(19)20/h3-6,9H,7-8H2,1-2H3,(H2,14,18)(H,19,20)/b4-3+. The van der Waals surface area contributed by atoms with Gasteiger partial charge in [0.1, 0.15) is 0 Å². The van der Waals surface area contributed by atoms with Gasteiger partial charge in [-0.25, -0.2) is 14.8 Å². The summed E-state index contributed by atoms with van der Waals surface area (Å²) in [7, 11) is 0. The lowest BCUT2D eigenvalue weighted by atomic mass is 10.2. The van der Waals surface area contributed by atoms with Gasteiger partial charge in [0.2, 0.25) is 11.9 Å². The van der Waals surface area contributed by atoms with E-state index in [4.69, 9.17) is 10.8 Å². The Labute approximate surface area is 117 Å². The maximum Gasteiger partial charge on any atom is 0.328 e. The molecule has 108 valence electrons. The molecule has 0 saturated carbocycles. The highest BCUT2D eigenvalue weighted by Crippen LogP contribution is 2.10. The largest absolute Gasteiger partial charge is 0.478 e. The van der Waals surface area contributed by atoms with Gasteiger partial charge in [0.25, 0.3) is 0 Å². The number of amides is 1. The minimum absolute atomic E-state index is 0.0441. The van der Waals surface area contributed by atoms with Gasteiger partial charge in [-0.1, -0.05) is 13.8 Å². The quantitative estimate of drug-likeness (QED) is 0.704. The number of carbonyl (C=O) groups excluding carboxylic acids is 1. The van der Waals surface area contributed by atoms with Crippen LogP contribution >= 0.6 is 0 Å². The molecule has 0 fully saturated rings. The summed E-state index contributed by atoms with van der Waals surface area (Å²) < 4.78 is 0. The molecule has 0 aromatic carbocycles. The summed E-state index contributed by atoms with van der Waals surface area (Å²) in [4.78, 5) is 31.4. The maximum atomic E-state index is 11.1. The summed E-state index contributed by atoms with van der Waals surface area (Å²) >= 11 is 0. The van der Waals surface area contributed by atoms with Crippen molar-refractivity contribution in [3.05, 3.63) is 24.0 Å². The van der Waals surface area contributed by atoms with E-state index in [0.717, 1.165) is 6.08 Å². The molecule has 20 heavy (non-hydrogen) atoms. The third kappa shape index (κ3) is 5.47. The highest BCUT2D eigenvalue weighted by atomic mass is 16.4. The molecule has 0 aliphatic carbocycles. The molecule has 7 nitrogen and oxygen atoms in total. The number of nitrogens with two attached hydrogens (primary N) is 1. The van der Waals surface area contributed by atoms with Crippen LogP contribution in [0.2, 0.25) is 0 Å². The van der Waals surface area contributed by atoms with Crippen LogP contribution in [-0.4, -0.2) is 40.0 Å². The highest BCUT2D eigenvalue weighted by Gasteiger charge is 2.13. The molecule has 0 unspecified atom stereocenters. The average Bonchev–Trinajstić information content (AvgIpc) is 2.35. The third-order valence-corrected chi connectivity index (χ3v) is 2.29. The number of anilines is 1. The van der Waals surface area contributed by atoms with E-state index >= 15 is 0 Å². The molecule has 1 aromatic heterocycles. The Balaban J connectivity index is 2.86. The first-order valence-electron chi connectivity index (χ1n) is 6.14. The van der Waals surface area contributed by atoms with E-state index < -0.39 is 11.9 Å². The molecule has 0 aliphatic rings. The fourth-order valence-electron chi connectivity index (χ4n) is 1.59. The molecule has 3 N–H and O–H groups in total. The maximum absolute atomic E-state index is 11.1. The number of hydrogen-bond donors (Lipinski definition) is 2. The Morgan fingerprint density at radius 1 is 1.40 bits per heavy atom. The zero-order chi connectivity index (χ0) is 15.1. The number of primary amides is 1. The van der Waals surface area contributed by atoms with Crippen LogP contribution in [0, 0.1) is 5.92 Å². The van der Waals surface area contributed by atoms with Crippen molar-refractivity contribution < 1.29 is 14.7 Å². The van der Waals surface area contributed by atoms with Crippen molar-refractivity contribution in [2.75, 3.05) is 18.0 Å². The molecule has 0 radical (unpaired) electrons. The summed E-state index contributed by atoms with van der Waals surface area (Å²) in [6, 6.07) is 0. The molecule has 0 spiro atoms. The summed E-state index contributed by atoms with van der Waals surface area (Å²) in [5, 5.41) is 8.53. The number of carboxylic acids is 1. The van der Waals surface area contributed by atoms with Gasteiger partial charge in [0.15, 0.2) is 0 Å². The van der Waals surface area contributed by atoms with Crippen LogP contribution in [-0.2, 0) is 9.59 Å². The van der Waals surface area contributed by atoms with E-state index in [9.17, 15) is 9.59 Å². The van der Waals surface area contributed by atoms with Gasteiger partial charge >= 0.3 is 5.97 Å². The lowest BCUT2D eigenvalue weighted by Crippen LogP contribution is -2.37. The first-order chi connectivity index (χ1) is 9.38. The van der Waals surface area contributed by atoms with Gasteiger partial charge in [0, 0.05) is 30.6 Å². The Bertz CT molecular complexity index is 497. The van der Waals surface area contributed by atoms with Crippen LogP contribution < -0.4 is 10.6 Å². The zero-order valence-corrected chi connectivity index (χ0v) is 11.5. The summed E-state index contributed by atoms with van der Waals surface area (Å²) in [6.45, 7) is 4.67. The lowest BCUT2D eigenvalue weighted by molar-refractivity contribution is -0.131. The molecule has 7 heteroatoms. The van der Waals surface area contributed by atoms with Crippen molar-refractivity contribution in [3.63, 3.8) is 0 Å². The Kier molecular flexibility index (Phi) is 5.64. The normalized spacial score (nSPS) is 10.9. The van der Waals surface area contributed by atoms with Gasteiger partial charge in [-0.3, -0.25) is 4.79 Å². The Morgan fingerprint density at radius 2 is 2.00 bits per heavy atom. The van der Waals surface area contributed by atoms with Crippen LogP contribution in [0.1, 0.15) is 19.4 Å². The smallest absolute Gasteiger partial charge is 0.328 e. The van der Waals surface area contributed by atoms with Crippen LogP contribution in [0.25, 0.3) is 6.08 Å². The first-order valence-corrected chi connectivity index (χ1v) is 6.14. The summed E-state index contributed by atoms with van der Waals surface area (Å²) in [5.41, 5.74) is 5.77. The van der Waals surface area contributed by atoms with Crippen molar-refractivity contribution in [2.45, 2.75) is 13.8 Å². The number of nitrogens with zero attached hydrogens (tertiary/aromatic N) is 3. The van der Waals surface area contributed by atoms with Crippen LogP contribution in [0.5, 0.6) is 0 Å². The van der Waals surface area contributed by atoms with E-state index in [1.165, 1.54) is 18.5 Å². The Morgan fingerprint density at radius 3 is 2.45 bits per heavy atom. The topological polar surface area (TPSA) is 109 Å². The van der Waals surface area contributed by atoms with Crippen molar-refractivity contribution in [1.29, 1.82) is 0 Å². The number of aliphatic carboxylic acids is 1. The molecule has 0 aliphatic heterocycles. The molecular formula is C13H18N4O3. The Hall–Kier alpha value is -2.44. The predicted octanol–water partition coefficient (Wildman–Crippen LogP) is 0.522. The van der Waals surface area contributed by atoms with Crippen LogP contribution in [0.15, 0.2) is 18.5 Å². The molecular weight excluding hydrogens is 260 g/mol. The van der Waals surface area contributed by atoms with Gasteiger partial charge < -0.3 is 15.7 Å². The predicted molar refractivity (Wildman–Crippen MR) is 74.9 cm³/mol. The van der Waals surface area contributed by atoms with E-state index in [0.29, 0.717) is 24.0 Å². The third-order valence-electron chi connectivity index (χ3n) is 2.29. The fraction of sp³-hybridized carbons (Fsp3) is 0.385. The van der Waals surface area contributed by atoms with Crippen molar-refractivity contribution in [3.8, 4) is 0 Å². The second-order valence-electron chi connectivity index (χ2n) is 4.73. The number of hydrogen-bond acceptors (Lipinski definition) is 5. The molecule has 1 heterocycles. The van der Waals surface area contributed by atoms with Gasteiger partial charge in [-0.15, -0.1) is 0 Å². The van der Waals surface area contributed by atoms with E-state index in [-0.39, 0.29) is 6.54 Å². The summed E-state index contributed by atoms with van der Waals surface area (Å²) in [5.74, 6) is -0.775. The van der Waals surface area contributed by atoms with Crippen molar-refractivity contribution in [1.82, 2.24) is 9.97 Å².